The Kier molecular flexibility index (Phi) is 2.33. The number of hydrogen-bond donors (Lipinski definition) is 0. The van der Waals surface area contributed by atoms with Crippen molar-refractivity contribution in [2.45, 2.75) is 18.9 Å². The van der Waals surface area contributed by atoms with Gasteiger partial charge in [0.1, 0.15) is 0 Å². The number of aromatic nitrogens is 2. The fourth-order valence-electron chi connectivity index (χ4n) is 2.01. The molecule has 1 fully saturated rings. The number of benzene rings is 1. The number of methoxy groups -OCH3 is 1. The lowest BCUT2D eigenvalue weighted by Gasteiger charge is -2.05. The summed E-state index contributed by atoms with van der Waals surface area (Å²) in [5.41, 5.74) is 1.68. The number of carbonyl (C=O) groups excluding carboxylic acids is 1. The van der Waals surface area contributed by atoms with Crippen molar-refractivity contribution in [3.63, 3.8) is 0 Å². The first-order valence-corrected chi connectivity index (χ1v) is 5.84. The molecule has 1 aromatic carbocycles. The second-order valence-electron chi connectivity index (χ2n) is 4.16. The SMILES string of the molecule is COC(=O)c1nc2cc(Cl)ccc2n1C1CC1. The van der Waals surface area contributed by atoms with Crippen molar-refractivity contribution in [1.82, 2.24) is 9.55 Å². The molecule has 0 radical (unpaired) electrons. The predicted molar refractivity (Wildman–Crippen MR) is 64.4 cm³/mol. The minimum absolute atomic E-state index is 0.368. The van der Waals surface area contributed by atoms with Crippen LogP contribution in [0.25, 0.3) is 11.0 Å². The number of hydrogen-bond acceptors (Lipinski definition) is 3. The first kappa shape index (κ1) is 10.6. The van der Waals surface area contributed by atoms with E-state index in [1.807, 2.05) is 16.7 Å². The number of ether oxygens (including phenoxy) is 1. The van der Waals surface area contributed by atoms with Crippen molar-refractivity contribution in [2.75, 3.05) is 7.11 Å². The van der Waals surface area contributed by atoms with Crippen LogP contribution in [0.15, 0.2) is 18.2 Å². The molecule has 88 valence electrons. The number of imidazole rings is 1. The Bertz CT molecular complexity index is 602. The highest BCUT2D eigenvalue weighted by Crippen LogP contribution is 2.39. The third-order valence-electron chi connectivity index (χ3n) is 2.93. The zero-order chi connectivity index (χ0) is 12.0. The van der Waals surface area contributed by atoms with E-state index in [1.165, 1.54) is 7.11 Å². The van der Waals surface area contributed by atoms with Gasteiger partial charge in [0.25, 0.3) is 0 Å². The molecule has 1 aliphatic rings. The highest BCUT2D eigenvalue weighted by atomic mass is 35.5. The Hall–Kier alpha value is -1.55. The summed E-state index contributed by atoms with van der Waals surface area (Å²) in [7, 11) is 1.37. The van der Waals surface area contributed by atoms with E-state index in [4.69, 9.17) is 16.3 Å². The molecule has 1 heterocycles. The molecule has 17 heavy (non-hydrogen) atoms. The third-order valence-corrected chi connectivity index (χ3v) is 3.17. The van der Waals surface area contributed by atoms with Crippen molar-refractivity contribution in [2.24, 2.45) is 0 Å². The van der Waals surface area contributed by atoms with Gasteiger partial charge in [0.2, 0.25) is 5.82 Å². The molecule has 0 N–H and O–H groups in total. The number of esters is 1. The normalized spacial score (nSPS) is 15.2. The molecule has 1 aromatic heterocycles. The summed E-state index contributed by atoms with van der Waals surface area (Å²) in [4.78, 5) is 16.0. The van der Waals surface area contributed by atoms with Crippen LogP contribution in [0.2, 0.25) is 5.02 Å². The van der Waals surface area contributed by atoms with Gasteiger partial charge < -0.3 is 9.30 Å². The van der Waals surface area contributed by atoms with Crippen LogP contribution in [0, 0.1) is 0 Å². The van der Waals surface area contributed by atoms with Crippen molar-refractivity contribution in [3.8, 4) is 0 Å². The molecule has 0 saturated heterocycles. The Labute approximate surface area is 103 Å². The van der Waals surface area contributed by atoms with Gasteiger partial charge in [-0.3, -0.25) is 0 Å². The molecule has 0 amide bonds. The highest BCUT2D eigenvalue weighted by Gasteiger charge is 2.30. The van der Waals surface area contributed by atoms with Crippen LogP contribution in [-0.2, 0) is 4.74 Å². The minimum Gasteiger partial charge on any atom is -0.463 e. The molecule has 3 rings (SSSR count). The molecule has 5 heteroatoms. The van der Waals surface area contributed by atoms with Gasteiger partial charge in [0.15, 0.2) is 0 Å². The Balaban J connectivity index is 2.26. The Morgan fingerprint density at radius 2 is 2.29 bits per heavy atom. The van der Waals surface area contributed by atoms with Gasteiger partial charge in [0, 0.05) is 11.1 Å². The summed E-state index contributed by atoms with van der Waals surface area (Å²) in [5, 5.41) is 0.620. The first-order valence-electron chi connectivity index (χ1n) is 5.46. The lowest BCUT2D eigenvalue weighted by Crippen LogP contribution is -2.10. The molecule has 1 saturated carbocycles. The Morgan fingerprint density at radius 1 is 1.53 bits per heavy atom. The maximum atomic E-state index is 11.7. The number of rotatable bonds is 2. The summed E-state index contributed by atoms with van der Waals surface area (Å²) in [6.45, 7) is 0. The van der Waals surface area contributed by atoms with Crippen LogP contribution < -0.4 is 0 Å². The van der Waals surface area contributed by atoms with E-state index in [2.05, 4.69) is 4.98 Å². The van der Waals surface area contributed by atoms with Gasteiger partial charge in [-0.2, -0.15) is 0 Å². The van der Waals surface area contributed by atoms with Gasteiger partial charge in [-0.05, 0) is 31.0 Å². The lowest BCUT2D eigenvalue weighted by molar-refractivity contribution is 0.0581. The van der Waals surface area contributed by atoms with E-state index >= 15 is 0 Å². The summed E-state index contributed by atoms with van der Waals surface area (Å²) in [6, 6.07) is 5.85. The molecule has 0 atom stereocenters. The maximum absolute atomic E-state index is 11.7. The molecular weight excluding hydrogens is 240 g/mol. The molecule has 0 aliphatic heterocycles. The summed E-state index contributed by atoms with van der Waals surface area (Å²) < 4.78 is 6.72. The largest absolute Gasteiger partial charge is 0.463 e. The average molecular weight is 251 g/mol. The van der Waals surface area contributed by atoms with E-state index in [-0.39, 0.29) is 0 Å². The molecule has 0 bridgehead atoms. The van der Waals surface area contributed by atoms with Crippen molar-refractivity contribution < 1.29 is 9.53 Å². The Morgan fingerprint density at radius 3 is 2.94 bits per heavy atom. The predicted octanol–water partition coefficient (Wildman–Crippen LogP) is 2.81. The molecule has 0 unspecified atom stereocenters. The third kappa shape index (κ3) is 1.69. The average Bonchev–Trinajstić information content (AvgIpc) is 3.09. The molecule has 1 aliphatic carbocycles. The zero-order valence-corrected chi connectivity index (χ0v) is 10.1. The van der Waals surface area contributed by atoms with Gasteiger partial charge in [-0.15, -0.1) is 0 Å². The molecule has 0 spiro atoms. The van der Waals surface area contributed by atoms with Gasteiger partial charge in [0.05, 0.1) is 18.1 Å². The van der Waals surface area contributed by atoms with Crippen LogP contribution in [-0.4, -0.2) is 22.6 Å². The smallest absolute Gasteiger partial charge is 0.374 e. The van der Waals surface area contributed by atoms with Crippen LogP contribution in [0.4, 0.5) is 0 Å². The summed E-state index contributed by atoms with van der Waals surface area (Å²) in [5.74, 6) is -0.0310. The van der Waals surface area contributed by atoms with E-state index < -0.39 is 5.97 Å². The topological polar surface area (TPSA) is 44.1 Å². The summed E-state index contributed by atoms with van der Waals surface area (Å²) in [6.07, 6.45) is 2.16. The quantitative estimate of drug-likeness (QED) is 0.770. The van der Waals surface area contributed by atoms with Gasteiger partial charge in [-0.1, -0.05) is 11.6 Å². The highest BCUT2D eigenvalue weighted by molar-refractivity contribution is 6.31. The number of halogens is 1. The maximum Gasteiger partial charge on any atom is 0.374 e. The van der Waals surface area contributed by atoms with Crippen LogP contribution in [0.5, 0.6) is 0 Å². The number of fused-ring (bicyclic) bond motifs is 1. The fourth-order valence-corrected chi connectivity index (χ4v) is 2.18. The molecule has 2 aromatic rings. The van der Waals surface area contributed by atoms with E-state index in [1.54, 1.807) is 6.07 Å². The van der Waals surface area contributed by atoms with Gasteiger partial charge >= 0.3 is 5.97 Å². The summed E-state index contributed by atoms with van der Waals surface area (Å²) >= 11 is 5.92. The zero-order valence-electron chi connectivity index (χ0n) is 9.31. The number of carbonyl (C=O) groups is 1. The van der Waals surface area contributed by atoms with Crippen LogP contribution in [0.3, 0.4) is 0 Å². The van der Waals surface area contributed by atoms with Gasteiger partial charge in [-0.25, -0.2) is 9.78 Å². The standard InChI is InChI=1S/C12H11ClN2O2/c1-17-12(16)11-14-9-6-7(13)2-5-10(9)15(11)8-3-4-8/h2,5-6,8H,3-4H2,1H3. The first-order chi connectivity index (χ1) is 8.20. The van der Waals surface area contributed by atoms with E-state index in [9.17, 15) is 4.79 Å². The molecule has 4 nitrogen and oxygen atoms in total. The second kappa shape index (κ2) is 3.74. The lowest BCUT2D eigenvalue weighted by atomic mass is 10.3. The van der Waals surface area contributed by atoms with E-state index in [0.717, 1.165) is 23.9 Å². The van der Waals surface area contributed by atoms with Crippen LogP contribution >= 0.6 is 11.6 Å². The molecular formula is C12H11ClN2O2. The van der Waals surface area contributed by atoms with Crippen molar-refractivity contribution in [1.29, 1.82) is 0 Å². The second-order valence-corrected chi connectivity index (χ2v) is 4.60. The monoisotopic (exact) mass is 250 g/mol. The van der Waals surface area contributed by atoms with E-state index in [0.29, 0.717) is 16.9 Å². The minimum atomic E-state index is -0.399. The van der Waals surface area contributed by atoms with Crippen molar-refractivity contribution >= 4 is 28.6 Å². The van der Waals surface area contributed by atoms with Crippen LogP contribution in [0.1, 0.15) is 29.5 Å². The van der Waals surface area contributed by atoms with Crippen molar-refractivity contribution in [3.05, 3.63) is 29.0 Å². The fraction of sp³-hybridized carbons (Fsp3) is 0.333. The number of nitrogens with zero attached hydrogens (tertiary/aromatic N) is 2.